The number of oxime groups is 1. The summed E-state index contributed by atoms with van der Waals surface area (Å²) >= 11 is 1.29. The molecule has 1 aromatic heterocycles. The fourth-order valence-electron chi connectivity index (χ4n) is 1.55. The van der Waals surface area contributed by atoms with Gasteiger partial charge in [0.15, 0.2) is 5.84 Å². The molecule has 0 radical (unpaired) electrons. The zero-order valence-electron chi connectivity index (χ0n) is 10.7. The molecule has 0 unspecified atom stereocenters. The number of carbonyl (C=O) groups is 1. The lowest BCUT2D eigenvalue weighted by Gasteiger charge is -2.05. The molecule has 0 atom stereocenters. The van der Waals surface area contributed by atoms with Crippen LogP contribution in [0.2, 0.25) is 0 Å². The summed E-state index contributed by atoms with van der Waals surface area (Å²) in [4.78, 5) is 12.6. The fourth-order valence-corrected chi connectivity index (χ4v) is 2.30. The van der Waals surface area contributed by atoms with Crippen molar-refractivity contribution in [2.45, 2.75) is 0 Å². The molecular formula is C13H13N3O3S. The number of hydrogen-bond donors (Lipinski definition) is 3. The van der Waals surface area contributed by atoms with Crippen LogP contribution in [0.1, 0.15) is 15.2 Å². The highest BCUT2D eigenvalue weighted by Crippen LogP contribution is 2.22. The van der Waals surface area contributed by atoms with Gasteiger partial charge in [0.2, 0.25) is 0 Å². The first-order valence-corrected chi connectivity index (χ1v) is 6.54. The van der Waals surface area contributed by atoms with Crippen LogP contribution in [-0.2, 0) is 0 Å². The van der Waals surface area contributed by atoms with Gasteiger partial charge in [0.05, 0.1) is 12.0 Å². The average Bonchev–Trinajstić information content (AvgIpc) is 2.95. The Hall–Kier alpha value is -2.54. The van der Waals surface area contributed by atoms with E-state index in [2.05, 4.69) is 10.5 Å². The molecule has 0 spiro atoms. The lowest BCUT2D eigenvalue weighted by molar-refractivity contribution is 0.103. The molecule has 0 aliphatic carbocycles. The largest absolute Gasteiger partial charge is 0.496 e. The lowest BCUT2D eigenvalue weighted by Crippen LogP contribution is -2.14. The van der Waals surface area contributed by atoms with Crippen molar-refractivity contribution in [1.29, 1.82) is 0 Å². The van der Waals surface area contributed by atoms with Gasteiger partial charge < -0.3 is 21.0 Å². The Morgan fingerprint density at radius 1 is 1.45 bits per heavy atom. The molecular weight excluding hydrogens is 278 g/mol. The molecule has 4 N–H and O–H groups in total. The molecule has 0 aliphatic rings. The van der Waals surface area contributed by atoms with Crippen LogP contribution < -0.4 is 15.8 Å². The SMILES string of the molecule is COc1csc(C(=O)Nc2cccc(/C(N)=N/O)c2)c1. The van der Waals surface area contributed by atoms with E-state index in [1.54, 1.807) is 42.8 Å². The second-order valence-corrected chi connectivity index (χ2v) is 4.78. The van der Waals surface area contributed by atoms with E-state index in [1.165, 1.54) is 11.3 Å². The number of carbonyl (C=O) groups excluding carboxylic acids is 1. The van der Waals surface area contributed by atoms with Gasteiger partial charge in [0.25, 0.3) is 5.91 Å². The van der Waals surface area contributed by atoms with Crippen LogP contribution >= 0.6 is 11.3 Å². The normalized spacial score (nSPS) is 11.2. The van der Waals surface area contributed by atoms with Gasteiger partial charge in [-0.3, -0.25) is 4.79 Å². The first kappa shape index (κ1) is 13.9. The number of nitrogens with zero attached hydrogens (tertiary/aromatic N) is 1. The van der Waals surface area contributed by atoms with Crippen molar-refractivity contribution in [1.82, 2.24) is 0 Å². The standard InChI is InChI=1S/C13H13N3O3S/c1-19-10-6-11(20-7-10)13(17)15-9-4-2-3-8(5-9)12(14)16-18/h2-7,18H,1H3,(H2,14,16)(H,15,17). The predicted molar refractivity (Wildman–Crippen MR) is 77.8 cm³/mol. The number of thiophene rings is 1. The molecule has 6 nitrogen and oxygen atoms in total. The van der Waals surface area contributed by atoms with Gasteiger partial charge in [-0.15, -0.1) is 11.3 Å². The smallest absolute Gasteiger partial charge is 0.265 e. The van der Waals surface area contributed by atoms with Crippen molar-refractivity contribution in [2.24, 2.45) is 10.9 Å². The van der Waals surface area contributed by atoms with E-state index in [1.807, 2.05) is 0 Å². The van der Waals surface area contributed by atoms with Crippen molar-refractivity contribution in [3.05, 3.63) is 46.2 Å². The number of rotatable bonds is 4. The van der Waals surface area contributed by atoms with Gasteiger partial charge in [0, 0.05) is 22.7 Å². The number of anilines is 1. The third-order valence-corrected chi connectivity index (χ3v) is 3.47. The van der Waals surface area contributed by atoms with Crippen LogP contribution in [0.5, 0.6) is 5.75 Å². The Morgan fingerprint density at radius 3 is 2.90 bits per heavy atom. The topological polar surface area (TPSA) is 96.9 Å². The summed E-state index contributed by atoms with van der Waals surface area (Å²) in [6.07, 6.45) is 0. The van der Waals surface area contributed by atoms with Crippen molar-refractivity contribution in [3.63, 3.8) is 0 Å². The molecule has 0 saturated heterocycles. The number of nitrogens with two attached hydrogens (primary N) is 1. The van der Waals surface area contributed by atoms with E-state index >= 15 is 0 Å². The lowest BCUT2D eigenvalue weighted by atomic mass is 10.2. The van der Waals surface area contributed by atoms with Crippen molar-refractivity contribution < 1.29 is 14.7 Å². The number of benzene rings is 1. The molecule has 0 aliphatic heterocycles. The zero-order chi connectivity index (χ0) is 14.5. The maximum Gasteiger partial charge on any atom is 0.265 e. The van der Waals surface area contributed by atoms with Gasteiger partial charge in [-0.1, -0.05) is 17.3 Å². The summed E-state index contributed by atoms with van der Waals surface area (Å²) in [5.74, 6) is 0.388. The monoisotopic (exact) mass is 291 g/mol. The molecule has 1 heterocycles. The van der Waals surface area contributed by atoms with Crippen molar-refractivity contribution >= 4 is 28.8 Å². The van der Waals surface area contributed by atoms with Gasteiger partial charge in [-0.2, -0.15) is 0 Å². The highest BCUT2D eigenvalue weighted by atomic mass is 32.1. The van der Waals surface area contributed by atoms with E-state index in [-0.39, 0.29) is 11.7 Å². The number of amidine groups is 1. The summed E-state index contributed by atoms with van der Waals surface area (Å²) in [5, 5.41) is 16.0. The molecule has 1 aromatic carbocycles. The van der Waals surface area contributed by atoms with Crippen LogP contribution in [0.25, 0.3) is 0 Å². The van der Waals surface area contributed by atoms with Crippen molar-refractivity contribution in [2.75, 3.05) is 12.4 Å². The molecule has 2 rings (SSSR count). The average molecular weight is 291 g/mol. The van der Waals surface area contributed by atoms with Gasteiger partial charge in [0.1, 0.15) is 5.75 Å². The Kier molecular flexibility index (Phi) is 4.21. The third-order valence-electron chi connectivity index (χ3n) is 2.56. The number of amides is 1. The predicted octanol–water partition coefficient (Wildman–Crippen LogP) is 2.10. The van der Waals surface area contributed by atoms with E-state index in [0.29, 0.717) is 21.9 Å². The van der Waals surface area contributed by atoms with E-state index < -0.39 is 0 Å². The molecule has 7 heteroatoms. The highest BCUT2D eigenvalue weighted by Gasteiger charge is 2.10. The Bertz CT molecular complexity index is 652. The third kappa shape index (κ3) is 3.07. The fraction of sp³-hybridized carbons (Fsp3) is 0.0769. The minimum absolute atomic E-state index is 0.0149. The zero-order valence-corrected chi connectivity index (χ0v) is 11.5. The summed E-state index contributed by atoms with van der Waals surface area (Å²) < 4.78 is 5.03. The van der Waals surface area contributed by atoms with Crippen molar-refractivity contribution in [3.8, 4) is 5.75 Å². The number of hydrogen-bond acceptors (Lipinski definition) is 5. The summed E-state index contributed by atoms with van der Waals surface area (Å²) in [7, 11) is 1.55. The first-order valence-electron chi connectivity index (χ1n) is 5.66. The molecule has 2 aromatic rings. The maximum atomic E-state index is 12.0. The maximum absolute atomic E-state index is 12.0. The summed E-state index contributed by atoms with van der Waals surface area (Å²) in [5.41, 5.74) is 6.58. The number of nitrogens with one attached hydrogen (secondary N) is 1. The van der Waals surface area contributed by atoms with Crippen LogP contribution in [-0.4, -0.2) is 24.1 Å². The molecule has 20 heavy (non-hydrogen) atoms. The van der Waals surface area contributed by atoms with E-state index in [4.69, 9.17) is 15.7 Å². The Labute approximate surface area is 119 Å². The Balaban J connectivity index is 2.15. The first-order chi connectivity index (χ1) is 9.63. The number of methoxy groups -OCH3 is 1. The van der Waals surface area contributed by atoms with Gasteiger partial charge in [-0.25, -0.2) is 0 Å². The molecule has 0 saturated carbocycles. The van der Waals surface area contributed by atoms with E-state index in [9.17, 15) is 4.79 Å². The summed E-state index contributed by atoms with van der Waals surface area (Å²) in [6, 6.07) is 8.39. The molecule has 0 bridgehead atoms. The van der Waals surface area contributed by atoms with Crippen LogP contribution in [0.4, 0.5) is 5.69 Å². The summed E-state index contributed by atoms with van der Waals surface area (Å²) in [6.45, 7) is 0. The minimum Gasteiger partial charge on any atom is -0.496 e. The minimum atomic E-state index is -0.241. The highest BCUT2D eigenvalue weighted by molar-refractivity contribution is 7.12. The Morgan fingerprint density at radius 2 is 2.25 bits per heavy atom. The second kappa shape index (κ2) is 6.07. The van der Waals surface area contributed by atoms with Gasteiger partial charge in [-0.05, 0) is 12.1 Å². The second-order valence-electron chi connectivity index (χ2n) is 3.87. The van der Waals surface area contributed by atoms with Crippen LogP contribution in [0.15, 0.2) is 40.9 Å². The van der Waals surface area contributed by atoms with Crippen LogP contribution in [0, 0.1) is 0 Å². The number of ether oxygens (including phenoxy) is 1. The molecule has 0 fully saturated rings. The van der Waals surface area contributed by atoms with Gasteiger partial charge >= 0.3 is 0 Å². The van der Waals surface area contributed by atoms with Crippen LogP contribution in [0.3, 0.4) is 0 Å². The van der Waals surface area contributed by atoms with E-state index in [0.717, 1.165) is 0 Å². The molecule has 104 valence electrons. The quantitative estimate of drug-likeness (QED) is 0.348. The molecule has 1 amide bonds.